The van der Waals surface area contributed by atoms with E-state index < -0.39 is 21.2 Å². The third kappa shape index (κ3) is 4.56. The SMILES string of the molecule is CC(C)C[C@H](C)S(=O)(=O)NC(=O)c1cc(C(C)C)n(C)n1. The molecule has 0 fully saturated rings. The third-order valence-corrected chi connectivity index (χ3v) is 5.03. The van der Waals surface area contributed by atoms with Crippen LogP contribution in [-0.2, 0) is 17.1 Å². The van der Waals surface area contributed by atoms with Crippen molar-refractivity contribution in [3.05, 3.63) is 17.5 Å². The first-order valence-corrected chi connectivity index (χ1v) is 8.69. The second kappa shape index (κ2) is 6.60. The Balaban J connectivity index is 2.88. The smallest absolute Gasteiger partial charge is 0.272 e. The summed E-state index contributed by atoms with van der Waals surface area (Å²) in [4.78, 5) is 12.1. The highest BCUT2D eigenvalue weighted by Gasteiger charge is 2.26. The number of amides is 1. The Kier molecular flexibility index (Phi) is 5.55. The van der Waals surface area contributed by atoms with Crippen LogP contribution in [-0.4, -0.2) is 29.4 Å². The van der Waals surface area contributed by atoms with Crippen LogP contribution in [0.15, 0.2) is 6.07 Å². The number of nitrogens with zero attached hydrogens (tertiary/aromatic N) is 2. The number of sulfonamides is 1. The third-order valence-electron chi connectivity index (χ3n) is 3.31. The van der Waals surface area contributed by atoms with Crippen LogP contribution in [0.4, 0.5) is 0 Å². The van der Waals surface area contributed by atoms with Crippen molar-refractivity contribution < 1.29 is 13.2 Å². The topological polar surface area (TPSA) is 81.1 Å². The van der Waals surface area contributed by atoms with E-state index in [9.17, 15) is 13.2 Å². The van der Waals surface area contributed by atoms with Gasteiger partial charge in [-0.3, -0.25) is 9.48 Å². The molecule has 0 radical (unpaired) electrons. The maximum atomic E-state index is 12.1. The molecule has 1 N–H and O–H groups in total. The number of aromatic nitrogens is 2. The Morgan fingerprint density at radius 1 is 1.29 bits per heavy atom. The van der Waals surface area contributed by atoms with Gasteiger partial charge in [-0.15, -0.1) is 0 Å². The number of hydrogen-bond donors (Lipinski definition) is 1. The highest BCUT2D eigenvalue weighted by Crippen LogP contribution is 2.16. The minimum atomic E-state index is -3.68. The molecule has 0 aliphatic rings. The minimum absolute atomic E-state index is 0.126. The second-order valence-corrected chi connectivity index (χ2v) is 8.25. The van der Waals surface area contributed by atoms with Crippen molar-refractivity contribution in [2.45, 2.75) is 52.2 Å². The van der Waals surface area contributed by atoms with Crippen LogP contribution in [0.2, 0.25) is 0 Å². The van der Waals surface area contributed by atoms with E-state index in [0.29, 0.717) is 6.42 Å². The van der Waals surface area contributed by atoms with Gasteiger partial charge in [0.1, 0.15) is 0 Å². The molecular formula is C14H25N3O3S. The first kappa shape index (κ1) is 17.7. The fourth-order valence-electron chi connectivity index (χ4n) is 2.21. The molecule has 21 heavy (non-hydrogen) atoms. The predicted octanol–water partition coefficient (Wildman–Crippen LogP) is 2.04. The Morgan fingerprint density at radius 2 is 1.86 bits per heavy atom. The molecule has 0 aromatic carbocycles. The molecule has 0 aliphatic heterocycles. The lowest BCUT2D eigenvalue weighted by Gasteiger charge is -2.15. The van der Waals surface area contributed by atoms with Crippen molar-refractivity contribution >= 4 is 15.9 Å². The molecule has 1 amide bonds. The fraction of sp³-hybridized carbons (Fsp3) is 0.714. The van der Waals surface area contributed by atoms with Crippen LogP contribution in [0.5, 0.6) is 0 Å². The molecule has 1 atom stereocenters. The molecular weight excluding hydrogens is 290 g/mol. The summed E-state index contributed by atoms with van der Waals surface area (Å²) in [7, 11) is -1.94. The summed E-state index contributed by atoms with van der Waals surface area (Å²) < 4.78 is 27.9. The van der Waals surface area contributed by atoms with Gasteiger partial charge in [0.15, 0.2) is 5.69 Å². The zero-order valence-electron chi connectivity index (χ0n) is 13.5. The summed E-state index contributed by atoms with van der Waals surface area (Å²) in [5.41, 5.74) is 1.01. The minimum Gasteiger partial charge on any atom is -0.272 e. The maximum absolute atomic E-state index is 12.1. The average molecular weight is 315 g/mol. The monoisotopic (exact) mass is 315 g/mol. The van der Waals surface area contributed by atoms with Gasteiger partial charge in [-0.25, -0.2) is 13.1 Å². The molecule has 1 rings (SSSR count). The number of rotatable bonds is 6. The summed E-state index contributed by atoms with van der Waals surface area (Å²) in [6, 6.07) is 1.63. The van der Waals surface area contributed by atoms with Gasteiger partial charge in [0.25, 0.3) is 5.91 Å². The highest BCUT2D eigenvalue weighted by atomic mass is 32.2. The number of carbonyl (C=O) groups excluding carboxylic acids is 1. The van der Waals surface area contributed by atoms with E-state index in [2.05, 4.69) is 9.82 Å². The first-order chi connectivity index (χ1) is 9.54. The quantitative estimate of drug-likeness (QED) is 0.871. The van der Waals surface area contributed by atoms with Gasteiger partial charge in [-0.05, 0) is 31.2 Å². The lowest BCUT2D eigenvalue weighted by Crippen LogP contribution is -2.37. The Bertz CT molecular complexity index is 603. The summed E-state index contributed by atoms with van der Waals surface area (Å²) >= 11 is 0. The molecule has 0 saturated carbocycles. The lowest BCUT2D eigenvalue weighted by molar-refractivity contribution is 0.0975. The summed E-state index contributed by atoms with van der Waals surface area (Å²) in [6.45, 7) is 9.47. The van der Waals surface area contributed by atoms with E-state index in [1.807, 2.05) is 27.7 Å². The summed E-state index contributed by atoms with van der Waals surface area (Å²) in [5, 5.41) is 3.46. The van der Waals surface area contributed by atoms with Gasteiger partial charge in [-0.1, -0.05) is 27.7 Å². The van der Waals surface area contributed by atoms with Gasteiger partial charge >= 0.3 is 0 Å². The summed E-state index contributed by atoms with van der Waals surface area (Å²) in [5.74, 6) is -0.220. The van der Waals surface area contributed by atoms with E-state index in [1.165, 1.54) is 0 Å². The zero-order valence-corrected chi connectivity index (χ0v) is 14.4. The highest BCUT2D eigenvalue weighted by molar-refractivity contribution is 7.90. The van der Waals surface area contributed by atoms with E-state index in [-0.39, 0.29) is 17.5 Å². The van der Waals surface area contributed by atoms with Gasteiger partial charge < -0.3 is 0 Å². The molecule has 0 aliphatic carbocycles. The molecule has 7 heteroatoms. The van der Waals surface area contributed by atoms with Gasteiger partial charge in [0.2, 0.25) is 10.0 Å². The maximum Gasteiger partial charge on any atom is 0.285 e. The second-order valence-electron chi connectivity index (χ2n) is 6.15. The van der Waals surface area contributed by atoms with Crippen molar-refractivity contribution in [2.75, 3.05) is 0 Å². The van der Waals surface area contributed by atoms with Gasteiger partial charge in [0, 0.05) is 12.7 Å². The Morgan fingerprint density at radius 3 is 2.29 bits per heavy atom. The van der Waals surface area contributed by atoms with E-state index >= 15 is 0 Å². The van der Waals surface area contributed by atoms with Crippen LogP contribution in [0.1, 0.15) is 63.1 Å². The van der Waals surface area contributed by atoms with Gasteiger partial charge in [-0.2, -0.15) is 5.10 Å². The summed E-state index contributed by atoms with van der Waals surface area (Å²) in [6.07, 6.45) is 0.502. The Labute approximate surface area is 127 Å². The number of nitrogens with one attached hydrogen (secondary N) is 1. The molecule has 1 heterocycles. The van der Waals surface area contributed by atoms with Crippen molar-refractivity contribution in [2.24, 2.45) is 13.0 Å². The molecule has 0 bridgehead atoms. The Hall–Kier alpha value is -1.37. The molecule has 6 nitrogen and oxygen atoms in total. The molecule has 0 saturated heterocycles. The molecule has 1 aromatic heterocycles. The van der Waals surface area contributed by atoms with E-state index in [1.54, 1.807) is 24.7 Å². The molecule has 0 unspecified atom stereocenters. The van der Waals surface area contributed by atoms with E-state index in [0.717, 1.165) is 5.69 Å². The fourth-order valence-corrected chi connectivity index (χ4v) is 3.41. The predicted molar refractivity (Wildman–Crippen MR) is 82.6 cm³/mol. The van der Waals surface area contributed by atoms with Crippen molar-refractivity contribution in [1.82, 2.24) is 14.5 Å². The van der Waals surface area contributed by atoms with Crippen LogP contribution in [0, 0.1) is 5.92 Å². The molecule has 0 spiro atoms. The van der Waals surface area contributed by atoms with E-state index in [4.69, 9.17) is 0 Å². The van der Waals surface area contributed by atoms with Crippen LogP contribution in [0.25, 0.3) is 0 Å². The van der Waals surface area contributed by atoms with Gasteiger partial charge in [0.05, 0.1) is 5.25 Å². The zero-order chi connectivity index (χ0) is 16.4. The average Bonchev–Trinajstić information content (AvgIpc) is 2.70. The van der Waals surface area contributed by atoms with Crippen molar-refractivity contribution in [1.29, 1.82) is 0 Å². The van der Waals surface area contributed by atoms with Crippen LogP contribution < -0.4 is 4.72 Å². The standard InChI is InChI=1S/C14H25N3O3S/c1-9(2)7-11(5)21(19,20)16-14(18)12-8-13(10(3)4)17(6)15-12/h8-11H,7H2,1-6H3,(H,16,18)/t11-/m0/s1. The van der Waals surface area contributed by atoms with Crippen molar-refractivity contribution in [3.63, 3.8) is 0 Å². The number of hydrogen-bond acceptors (Lipinski definition) is 4. The van der Waals surface area contributed by atoms with Crippen LogP contribution >= 0.6 is 0 Å². The van der Waals surface area contributed by atoms with Crippen LogP contribution in [0.3, 0.4) is 0 Å². The first-order valence-electron chi connectivity index (χ1n) is 7.14. The van der Waals surface area contributed by atoms with Crippen molar-refractivity contribution in [3.8, 4) is 0 Å². The lowest BCUT2D eigenvalue weighted by atomic mass is 10.1. The molecule has 1 aromatic rings. The normalized spacial score (nSPS) is 13.7. The molecule has 120 valence electrons. The number of aryl methyl sites for hydroxylation is 1. The number of carbonyl (C=O) groups is 1. The largest absolute Gasteiger partial charge is 0.285 e.